The maximum atomic E-state index is 15.1. The van der Waals surface area contributed by atoms with E-state index in [4.69, 9.17) is 0 Å². The molecule has 0 aliphatic heterocycles. The fourth-order valence-corrected chi connectivity index (χ4v) is 2.96. The molecule has 0 atom stereocenters. The van der Waals surface area contributed by atoms with E-state index < -0.39 is 11.8 Å². The van der Waals surface area contributed by atoms with Gasteiger partial charge in [0.2, 0.25) is 0 Å². The van der Waals surface area contributed by atoms with Crippen molar-refractivity contribution in [2.45, 2.75) is 12.8 Å². The second-order valence-electron chi connectivity index (χ2n) is 6.47. The van der Waals surface area contributed by atoms with Crippen molar-refractivity contribution in [1.29, 1.82) is 0 Å². The third-order valence-corrected chi connectivity index (χ3v) is 4.39. The van der Waals surface area contributed by atoms with Crippen molar-refractivity contribution < 1.29 is 13.6 Å². The molecule has 0 bridgehead atoms. The van der Waals surface area contributed by atoms with Crippen LogP contribution in [0.2, 0.25) is 0 Å². The van der Waals surface area contributed by atoms with Crippen LogP contribution in [-0.4, -0.2) is 25.8 Å². The van der Waals surface area contributed by atoms with E-state index in [-0.39, 0.29) is 16.7 Å². The summed E-state index contributed by atoms with van der Waals surface area (Å²) < 4.78 is 30.2. The first kappa shape index (κ1) is 18.5. The summed E-state index contributed by atoms with van der Waals surface area (Å²) in [6.45, 7) is 1.86. The van der Waals surface area contributed by atoms with E-state index in [1.54, 1.807) is 30.5 Å². The van der Waals surface area contributed by atoms with Gasteiger partial charge < -0.3 is 5.32 Å². The van der Waals surface area contributed by atoms with Gasteiger partial charge >= 0.3 is 5.92 Å². The molecule has 0 saturated heterocycles. The fourth-order valence-electron chi connectivity index (χ4n) is 2.96. The molecule has 1 aromatic carbocycles. The van der Waals surface area contributed by atoms with Crippen LogP contribution in [0.5, 0.6) is 0 Å². The molecule has 0 unspecified atom stereocenters. The Morgan fingerprint density at radius 2 is 1.79 bits per heavy atom. The van der Waals surface area contributed by atoms with E-state index in [1.807, 2.05) is 6.92 Å². The van der Waals surface area contributed by atoms with Crippen molar-refractivity contribution in [3.8, 4) is 0 Å². The Labute approximate surface area is 164 Å². The molecule has 1 N–H and O–H groups in total. The predicted molar refractivity (Wildman–Crippen MR) is 104 cm³/mol. The van der Waals surface area contributed by atoms with E-state index in [0.29, 0.717) is 16.7 Å². The zero-order chi connectivity index (χ0) is 20.4. The highest BCUT2D eigenvalue weighted by molar-refractivity contribution is 6.11. The second kappa shape index (κ2) is 7.31. The third kappa shape index (κ3) is 3.64. The van der Waals surface area contributed by atoms with Crippen LogP contribution in [0, 0.1) is 6.92 Å². The van der Waals surface area contributed by atoms with Crippen molar-refractivity contribution in [1.82, 2.24) is 19.9 Å². The number of anilines is 1. The van der Waals surface area contributed by atoms with Crippen LogP contribution >= 0.6 is 0 Å². The van der Waals surface area contributed by atoms with Gasteiger partial charge in [-0.2, -0.15) is 8.78 Å². The lowest BCUT2D eigenvalue weighted by Crippen LogP contribution is -2.19. The summed E-state index contributed by atoms with van der Waals surface area (Å²) in [4.78, 5) is 28.5. The molecule has 8 heteroatoms. The van der Waals surface area contributed by atoms with Crippen molar-refractivity contribution >= 4 is 22.6 Å². The average Bonchev–Trinajstić information content (AvgIpc) is 2.73. The van der Waals surface area contributed by atoms with E-state index in [9.17, 15) is 4.79 Å². The highest BCUT2D eigenvalue weighted by atomic mass is 19.3. The number of carbonyl (C=O) groups is 1. The first-order valence-electron chi connectivity index (χ1n) is 8.72. The zero-order valence-corrected chi connectivity index (χ0v) is 15.3. The number of benzene rings is 1. The molecule has 0 radical (unpaired) electrons. The molecular weight excluding hydrogens is 376 g/mol. The van der Waals surface area contributed by atoms with Gasteiger partial charge in [-0.05, 0) is 42.8 Å². The van der Waals surface area contributed by atoms with Crippen LogP contribution in [0.1, 0.15) is 27.0 Å². The average molecular weight is 391 g/mol. The smallest absolute Gasteiger partial charge is 0.301 e. The summed E-state index contributed by atoms with van der Waals surface area (Å²) in [5.41, 5.74) is 0.534. The summed E-state index contributed by atoms with van der Waals surface area (Å²) in [7, 11) is 0. The van der Waals surface area contributed by atoms with Gasteiger partial charge in [0.1, 0.15) is 12.1 Å². The van der Waals surface area contributed by atoms with Crippen LogP contribution < -0.4 is 5.32 Å². The van der Waals surface area contributed by atoms with Gasteiger partial charge in [-0.15, -0.1) is 0 Å². The highest BCUT2D eigenvalue weighted by Gasteiger charge is 2.36. The second-order valence-corrected chi connectivity index (χ2v) is 6.47. The number of amides is 1. The van der Waals surface area contributed by atoms with Gasteiger partial charge in [-0.25, -0.2) is 15.0 Å². The minimum atomic E-state index is -3.39. The van der Waals surface area contributed by atoms with Gasteiger partial charge in [0.15, 0.2) is 0 Å². The van der Waals surface area contributed by atoms with E-state index in [1.165, 1.54) is 18.6 Å². The molecule has 0 spiro atoms. The number of hydrogen-bond donors (Lipinski definition) is 1. The molecule has 4 rings (SSSR count). The molecular formula is C21H15F2N5O. The molecule has 0 aliphatic carbocycles. The first-order valence-corrected chi connectivity index (χ1v) is 8.72. The Bertz CT molecular complexity index is 1200. The van der Waals surface area contributed by atoms with Crippen molar-refractivity contribution in [3.05, 3.63) is 89.8 Å². The quantitative estimate of drug-likeness (QED) is 0.566. The molecule has 3 heterocycles. The lowest BCUT2D eigenvalue weighted by molar-refractivity contribution is 0.0421. The van der Waals surface area contributed by atoms with Crippen LogP contribution in [0.25, 0.3) is 10.9 Å². The van der Waals surface area contributed by atoms with Crippen LogP contribution in [0.4, 0.5) is 14.6 Å². The number of nitrogens with one attached hydrogen (secondary N) is 1. The Balaban J connectivity index is 1.82. The van der Waals surface area contributed by atoms with Crippen molar-refractivity contribution in [3.63, 3.8) is 0 Å². The summed E-state index contributed by atoms with van der Waals surface area (Å²) in [5.74, 6) is -3.64. The predicted octanol–water partition coefficient (Wildman–Crippen LogP) is 4.12. The summed E-state index contributed by atoms with van der Waals surface area (Å²) in [6.07, 6.45) is 6.35. The minimum Gasteiger partial charge on any atom is -0.306 e. The summed E-state index contributed by atoms with van der Waals surface area (Å²) >= 11 is 0. The van der Waals surface area contributed by atoms with Crippen LogP contribution in [0.15, 0.2) is 67.5 Å². The van der Waals surface area contributed by atoms with Gasteiger partial charge in [-0.3, -0.25) is 9.78 Å². The SMILES string of the molecule is Cc1ccnc(NC(=O)c2cc(C(F)(F)c3cncnc3)cc3cccnc23)c1. The fraction of sp³-hybridized carbons (Fsp3) is 0.0952. The van der Waals surface area contributed by atoms with Gasteiger partial charge in [0, 0.05) is 35.7 Å². The standard InChI is InChI=1S/C21H15F2N5O/c1-13-4-6-26-18(7-13)28-20(29)17-9-15(8-14-3-2-5-27-19(14)17)21(22,23)16-10-24-12-25-11-16/h2-12H,1H3,(H,26,28,29). The number of hydrogen-bond acceptors (Lipinski definition) is 5. The van der Waals surface area contributed by atoms with E-state index in [0.717, 1.165) is 24.0 Å². The molecule has 29 heavy (non-hydrogen) atoms. The lowest BCUT2D eigenvalue weighted by atomic mass is 9.97. The number of pyridine rings is 2. The van der Waals surface area contributed by atoms with E-state index >= 15 is 8.78 Å². The van der Waals surface area contributed by atoms with E-state index in [2.05, 4.69) is 25.3 Å². The van der Waals surface area contributed by atoms with Gasteiger partial charge in [0.25, 0.3) is 5.91 Å². The molecule has 4 aromatic rings. The number of halogens is 2. The topological polar surface area (TPSA) is 80.7 Å². The Kier molecular flexibility index (Phi) is 4.67. The Morgan fingerprint density at radius 3 is 2.55 bits per heavy atom. The van der Waals surface area contributed by atoms with Crippen LogP contribution in [0.3, 0.4) is 0 Å². The minimum absolute atomic E-state index is 0.0259. The molecule has 0 fully saturated rings. The maximum Gasteiger partial charge on any atom is 0.301 e. The monoisotopic (exact) mass is 391 g/mol. The number of aromatic nitrogens is 4. The molecule has 0 aliphatic rings. The normalized spacial score (nSPS) is 11.4. The molecule has 3 aromatic heterocycles. The third-order valence-electron chi connectivity index (χ3n) is 4.39. The molecule has 6 nitrogen and oxygen atoms in total. The molecule has 0 saturated carbocycles. The molecule has 1 amide bonds. The summed E-state index contributed by atoms with van der Waals surface area (Å²) in [5, 5.41) is 3.07. The number of rotatable bonds is 4. The number of alkyl halides is 2. The number of carbonyl (C=O) groups excluding carboxylic acids is 1. The lowest BCUT2D eigenvalue weighted by Gasteiger charge is -2.18. The van der Waals surface area contributed by atoms with Crippen molar-refractivity contribution in [2.24, 2.45) is 0 Å². The Hall–Kier alpha value is -3.81. The van der Waals surface area contributed by atoms with Gasteiger partial charge in [0.05, 0.1) is 16.6 Å². The summed E-state index contributed by atoms with van der Waals surface area (Å²) in [6, 6.07) is 9.19. The van der Waals surface area contributed by atoms with Crippen LogP contribution in [-0.2, 0) is 5.92 Å². The zero-order valence-electron chi connectivity index (χ0n) is 15.3. The Morgan fingerprint density at radius 1 is 1.00 bits per heavy atom. The van der Waals surface area contributed by atoms with Gasteiger partial charge in [-0.1, -0.05) is 6.07 Å². The number of nitrogens with zero attached hydrogens (tertiary/aromatic N) is 4. The van der Waals surface area contributed by atoms with Crippen molar-refractivity contribution in [2.75, 3.05) is 5.32 Å². The first-order chi connectivity index (χ1) is 13.9. The largest absolute Gasteiger partial charge is 0.306 e. The number of fused-ring (bicyclic) bond motifs is 1. The number of aryl methyl sites for hydroxylation is 1. The maximum absolute atomic E-state index is 15.1. The highest BCUT2D eigenvalue weighted by Crippen LogP contribution is 2.37. The molecule has 144 valence electrons.